The highest BCUT2D eigenvalue weighted by atomic mass is 19.1. The van der Waals surface area contributed by atoms with Gasteiger partial charge in [-0.15, -0.1) is 0 Å². The molecule has 0 saturated carbocycles. The van der Waals surface area contributed by atoms with Crippen LogP contribution in [-0.4, -0.2) is 68.5 Å². The van der Waals surface area contributed by atoms with Crippen molar-refractivity contribution < 1.29 is 28.2 Å². The summed E-state index contributed by atoms with van der Waals surface area (Å²) in [5.41, 5.74) is 2.19. The molecular weight excluding hydrogens is 489 g/mol. The quantitative estimate of drug-likeness (QED) is 0.399. The van der Waals surface area contributed by atoms with Gasteiger partial charge in [-0.3, -0.25) is 9.59 Å². The van der Waals surface area contributed by atoms with E-state index in [1.165, 1.54) is 35.2 Å². The van der Waals surface area contributed by atoms with Gasteiger partial charge in [0.1, 0.15) is 23.9 Å². The lowest BCUT2D eigenvalue weighted by Crippen LogP contribution is -2.43. The molecule has 4 rings (SSSR count). The van der Waals surface area contributed by atoms with Crippen molar-refractivity contribution in [2.45, 2.75) is 12.5 Å². The largest absolute Gasteiger partial charge is 0.497 e. The van der Waals surface area contributed by atoms with Crippen molar-refractivity contribution in [3.05, 3.63) is 95.3 Å². The van der Waals surface area contributed by atoms with Crippen LogP contribution < -0.4 is 9.47 Å². The zero-order valence-electron chi connectivity index (χ0n) is 21.6. The smallest absolute Gasteiger partial charge is 0.262 e. The maximum absolute atomic E-state index is 14.4. The van der Waals surface area contributed by atoms with Crippen LogP contribution in [0.2, 0.25) is 0 Å². The predicted molar refractivity (Wildman–Crippen MR) is 141 cm³/mol. The molecule has 3 aromatic rings. The molecule has 0 aliphatic carbocycles. The zero-order chi connectivity index (χ0) is 27.1. The number of hydrogen-bond acceptors (Lipinski definition) is 6. The Morgan fingerprint density at radius 2 is 1.74 bits per heavy atom. The van der Waals surface area contributed by atoms with Gasteiger partial charge in [-0.1, -0.05) is 42.5 Å². The molecule has 1 aliphatic heterocycles. The van der Waals surface area contributed by atoms with Crippen molar-refractivity contribution in [2.75, 3.05) is 41.0 Å². The summed E-state index contributed by atoms with van der Waals surface area (Å²) in [6.45, 7) is 0.00562. The van der Waals surface area contributed by atoms with Gasteiger partial charge in [0.25, 0.3) is 11.8 Å². The van der Waals surface area contributed by atoms with Crippen molar-refractivity contribution in [1.82, 2.24) is 9.91 Å². The first-order valence-electron chi connectivity index (χ1n) is 12.2. The number of amides is 2. The normalized spacial score (nSPS) is 14.7. The van der Waals surface area contributed by atoms with Gasteiger partial charge in [0, 0.05) is 31.7 Å². The summed E-state index contributed by atoms with van der Waals surface area (Å²) >= 11 is 0. The van der Waals surface area contributed by atoms with Crippen LogP contribution >= 0.6 is 0 Å². The highest BCUT2D eigenvalue weighted by molar-refractivity contribution is 6.05. The van der Waals surface area contributed by atoms with Crippen molar-refractivity contribution in [2.24, 2.45) is 5.10 Å². The first-order chi connectivity index (χ1) is 18.5. The fourth-order valence-electron chi connectivity index (χ4n) is 4.37. The number of hydrazone groups is 1. The van der Waals surface area contributed by atoms with Crippen molar-refractivity contribution >= 4 is 17.5 Å². The average molecular weight is 520 g/mol. The summed E-state index contributed by atoms with van der Waals surface area (Å²) in [5, 5.41) is 6.10. The lowest BCUT2D eigenvalue weighted by atomic mass is 9.98. The van der Waals surface area contributed by atoms with Crippen LogP contribution in [0.1, 0.15) is 33.9 Å². The molecule has 0 N–H and O–H groups in total. The number of carbonyl (C=O) groups excluding carboxylic acids is 2. The Morgan fingerprint density at radius 3 is 2.42 bits per heavy atom. The molecule has 8 nitrogen and oxygen atoms in total. The third-order valence-electron chi connectivity index (χ3n) is 6.35. The second-order valence-corrected chi connectivity index (χ2v) is 8.68. The average Bonchev–Trinajstić information content (AvgIpc) is 3.40. The second kappa shape index (κ2) is 12.3. The van der Waals surface area contributed by atoms with Gasteiger partial charge in [0.2, 0.25) is 0 Å². The van der Waals surface area contributed by atoms with Crippen LogP contribution in [0.3, 0.4) is 0 Å². The Bertz CT molecular complexity index is 1310. The van der Waals surface area contributed by atoms with E-state index in [1.807, 2.05) is 42.5 Å². The van der Waals surface area contributed by atoms with Crippen molar-refractivity contribution in [3.8, 4) is 11.5 Å². The Kier molecular flexibility index (Phi) is 8.70. The summed E-state index contributed by atoms with van der Waals surface area (Å²) in [7, 11) is 4.64. The number of halogens is 1. The predicted octanol–water partition coefficient (Wildman–Crippen LogP) is 4.31. The molecule has 0 aromatic heterocycles. The van der Waals surface area contributed by atoms with E-state index in [0.717, 1.165) is 11.1 Å². The Balaban J connectivity index is 1.67. The van der Waals surface area contributed by atoms with Crippen molar-refractivity contribution in [3.63, 3.8) is 0 Å². The molecule has 0 radical (unpaired) electrons. The molecule has 1 atom stereocenters. The van der Waals surface area contributed by atoms with Gasteiger partial charge in [-0.2, -0.15) is 5.10 Å². The third-order valence-corrected chi connectivity index (χ3v) is 6.35. The van der Waals surface area contributed by atoms with Crippen LogP contribution in [0.5, 0.6) is 11.5 Å². The van der Waals surface area contributed by atoms with Crippen LogP contribution in [0.4, 0.5) is 4.39 Å². The van der Waals surface area contributed by atoms with E-state index in [1.54, 1.807) is 26.4 Å². The van der Waals surface area contributed by atoms with E-state index in [4.69, 9.17) is 19.3 Å². The van der Waals surface area contributed by atoms with E-state index < -0.39 is 23.7 Å². The highest BCUT2D eigenvalue weighted by Gasteiger charge is 2.35. The first-order valence-corrected chi connectivity index (χ1v) is 12.2. The standard InChI is InChI=1S/C29H30FN3O5/c1-36-16-15-32(29(35)22-11-7-8-12-24(22)30)19-28(34)33-26(20-9-5-4-6-10-20)18-25(31-33)23-14-13-21(37-2)17-27(23)38-3/h4-14,17,26H,15-16,18-19H2,1-3H3/t26-/m0/s1. The number of ether oxygens (including phenoxy) is 3. The molecule has 0 unspecified atom stereocenters. The van der Waals surface area contributed by atoms with Gasteiger partial charge in [0.05, 0.1) is 38.1 Å². The minimum Gasteiger partial charge on any atom is -0.497 e. The molecule has 3 aromatic carbocycles. The lowest BCUT2D eigenvalue weighted by Gasteiger charge is -2.27. The molecule has 1 aliphatic rings. The third kappa shape index (κ3) is 5.84. The fourth-order valence-corrected chi connectivity index (χ4v) is 4.37. The van der Waals surface area contributed by atoms with Crippen LogP contribution in [-0.2, 0) is 9.53 Å². The van der Waals surface area contributed by atoms with E-state index in [0.29, 0.717) is 23.6 Å². The SMILES string of the molecule is COCCN(CC(=O)N1N=C(c2ccc(OC)cc2OC)C[C@H]1c1ccccc1)C(=O)c1ccccc1F. The first kappa shape index (κ1) is 26.8. The Hall–Kier alpha value is -4.24. The summed E-state index contributed by atoms with van der Waals surface area (Å²) in [4.78, 5) is 28.2. The number of methoxy groups -OCH3 is 3. The number of benzene rings is 3. The molecule has 0 fully saturated rings. The van der Waals surface area contributed by atoms with Crippen LogP contribution in [0.25, 0.3) is 0 Å². The van der Waals surface area contributed by atoms with E-state index in [2.05, 4.69) is 0 Å². The van der Waals surface area contributed by atoms with E-state index >= 15 is 0 Å². The molecule has 0 saturated heterocycles. The Labute approximate surface area is 221 Å². The topological polar surface area (TPSA) is 80.7 Å². The minimum atomic E-state index is -0.650. The zero-order valence-corrected chi connectivity index (χ0v) is 21.6. The molecule has 38 heavy (non-hydrogen) atoms. The van der Waals surface area contributed by atoms with Crippen molar-refractivity contribution in [1.29, 1.82) is 0 Å². The molecular formula is C29H30FN3O5. The van der Waals surface area contributed by atoms with Gasteiger partial charge < -0.3 is 19.1 Å². The fraction of sp³-hybridized carbons (Fsp3) is 0.276. The van der Waals surface area contributed by atoms with Gasteiger partial charge >= 0.3 is 0 Å². The summed E-state index contributed by atoms with van der Waals surface area (Å²) in [5.74, 6) is -0.437. The summed E-state index contributed by atoms with van der Waals surface area (Å²) in [6.07, 6.45) is 0.442. The molecule has 9 heteroatoms. The number of hydrogen-bond donors (Lipinski definition) is 0. The van der Waals surface area contributed by atoms with Gasteiger partial charge in [-0.05, 0) is 29.8 Å². The Morgan fingerprint density at radius 1 is 1.00 bits per heavy atom. The van der Waals surface area contributed by atoms with Gasteiger partial charge in [0.15, 0.2) is 0 Å². The second-order valence-electron chi connectivity index (χ2n) is 8.68. The number of rotatable bonds is 10. The van der Waals surface area contributed by atoms with E-state index in [-0.39, 0.29) is 25.3 Å². The number of nitrogens with zero attached hydrogens (tertiary/aromatic N) is 3. The maximum Gasteiger partial charge on any atom is 0.262 e. The van der Waals surface area contributed by atoms with Crippen LogP contribution in [0, 0.1) is 5.82 Å². The summed E-state index contributed by atoms with van der Waals surface area (Å²) < 4.78 is 30.4. The molecule has 1 heterocycles. The highest BCUT2D eigenvalue weighted by Crippen LogP contribution is 2.36. The molecule has 0 spiro atoms. The van der Waals surface area contributed by atoms with Gasteiger partial charge in [-0.25, -0.2) is 9.40 Å². The molecule has 198 valence electrons. The van der Waals surface area contributed by atoms with Crippen LogP contribution in [0.15, 0.2) is 77.9 Å². The monoisotopic (exact) mass is 519 g/mol. The number of carbonyl (C=O) groups is 2. The molecule has 0 bridgehead atoms. The molecule has 2 amide bonds. The maximum atomic E-state index is 14.4. The van der Waals surface area contributed by atoms with E-state index in [9.17, 15) is 14.0 Å². The summed E-state index contributed by atoms with van der Waals surface area (Å²) in [6, 6.07) is 20.3. The lowest BCUT2D eigenvalue weighted by molar-refractivity contribution is -0.133. The minimum absolute atomic E-state index is 0.107.